The van der Waals surface area contributed by atoms with Gasteiger partial charge < -0.3 is 10.6 Å². The molecule has 0 spiro atoms. The van der Waals surface area contributed by atoms with E-state index in [4.69, 9.17) is 0 Å². The Labute approximate surface area is 136 Å². The summed E-state index contributed by atoms with van der Waals surface area (Å²) in [7, 11) is 0. The molecule has 0 saturated carbocycles. The Kier molecular flexibility index (Phi) is 4.93. The van der Waals surface area contributed by atoms with E-state index in [-0.39, 0.29) is 24.8 Å². The largest absolute Gasteiger partial charge is 0.353 e. The van der Waals surface area contributed by atoms with Gasteiger partial charge in [-0.2, -0.15) is 5.21 Å². The molecular formula is C13H17N7O2S. The third-order valence-corrected chi connectivity index (χ3v) is 4.45. The van der Waals surface area contributed by atoms with Crippen molar-refractivity contribution in [2.24, 2.45) is 0 Å². The Morgan fingerprint density at radius 3 is 3.17 bits per heavy atom. The van der Waals surface area contributed by atoms with Crippen LogP contribution in [-0.4, -0.2) is 56.5 Å². The van der Waals surface area contributed by atoms with Crippen molar-refractivity contribution in [3.63, 3.8) is 0 Å². The van der Waals surface area contributed by atoms with E-state index in [9.17, 15) is 9.59 Å². The average Bonchev–Trinajstić information content (AvgIpc) is 3.22. The highest BCUT2D eigenvalue weighted by Gasteiger charge is 2.31. The summed E-state index contributed by atoms with van der Waals surface area (Å²) in [6, 6.07) is 3.55. The van der Waals surface area contributed by atoms with Crippen LogP contribution in [0.25, 0.3) is 0 Å². The fraction of sp³-hybridized carbons (Fsp3) is 0.462. The first-order valence-corrected chi connectivity index (χ1v) is 8.13. The number of nitrogens with zero attached hydrogens (tertiary/aromatic N) is 4. The molecular weight excluding hydrogens is 318 g/mol. The van der Waals surface area contributed by atoms with Gasteiger partial charge in [-0.3, -0.25) is 14.5 Å². The van der Waals surface area contributed by atoms with Crippen molar-refractivity contribution >= 4 is 23.2 Å². The molecule has 1 atom stereocenters. The molecule has 3 heterocycles. The number of tetrazole rings is 1. The first-order valence-electron chi connectivity index (χ1n) is 7.25. The summed E-state index contributed by atoms with van der Waals surface area (Å²) in [6.07, 6.45) is 0.106. The lowest BCUT2D eigenvalue weighted by Crippen LogP contribution is -2.56. The highest BCUT2D eigenvalue weighted by Crippen LogP contribution is 2.17. The van der Waals surface area contributed by atoms with E-state index in [0.29, 0.717) is 18.9 Å². The Morgan fingerprint density at radius 1 is 1.52 bits per heavy atom. The van der Waals surface area contributed by atoms with Crippen LogP contribution >= 0.6 is 11.3 Å². The van der Waals surface area contributed by atoms with Crippen LogP contribution in [0.5, 0.6) is 0 Å². The summed E-state index contributed by atoms with van der Waals surface area (Å²) in [5, 5.41) is 20.8. The number of aromatic nitrogens is 4. The van der Waals surface area contributed by atoms with Crippen molar-refractivity contribution in [3.8, 4) is 0 Å². The normalized spacial score (nSPS) is 18.6. The second kappa shape index (κ2) is 7.29. The maximum atomic E-state index is 12.1. The van der Waals surface area contributed by atoms with E-state index in [1.54, 1.807) is 11.3 Å². The van der Waals surface area contributed by atoms with Gasteiger partial charge in [0.15, 0.2) is 5.82 Å². The smallest absolute Gasteiger partial charge is 0.237 e. The predicted octanol–water partition coefficient (Wildman–Crippen LogP) is -0.732. The summed E-state index contributed by atoms with van der Waals surface area (Å²) in [6.45, 7) is 2.19. The van der Waals surface area contributed by atoms with Crippen molar-refractivity contribution < 1.29 is 9.59 Å². The zero-order valence-electron chi connectivity index (χ0n) is 12.4. The van der Waals surface area contributed by atoms with Gasteiger partial charge in [0.2, 0.25) is 11.8 Å². The topological polar surface area (TPSA) is 116 Å². The maximum absolute atomic E-state index is 12.1. The minimum absolute atomic E-state index is 0.106. The minimum Gasteiger partial charge on any atom is -0.353 e. The lowest BCUT2D eigenvalue weighted by atomic mass is 10.1. The van der Waals surface area contributed by atoms with E-state index in [2.05, 4.69) is 31.3 Å². The summed E-state index contributed by atoms with van der Waals surface area (Å²) < 4.78 is 0. The summed E-state index contributed by atoms with van der Waals surface area (Å²) in [4.78, 5) is 27.4. The fourth-order valence-electron chi connectivity index (χ4n) is 2.46. The van der Waals surface area contributed by atoms with Gasteiger partial charge in [0.25, 0.3) is 0 Å². The van der Waals surface area contributed by atoms with Gasteiger partial charge in [0.05, 0.1) is 19.0 Å². The molecule has 3 rings (SSSR count). The Balaban J connectivity index is 1.57. The lowest BCUT2D eigenvalue weighted by Gasteiger charge is -2.34. The van der Waals surface area contributed by atoms with Crippen LogP contribution < -0.4 is 10.6 Å². The third kappa shape index (κ3) is 4.11. The van der Waals surface area contributed by atoms with E-state index < -0.39 is 6.04 Å². The van der Waals surface area contributed by atoms with Gasteiger partial charge in [-0.25, -0.2) is 0 Å². The van der Waals surface area contributed by atoms with E-state index in [0.717, 1.165) is 6.54 Å². The Hall–Kier alpha value is -2.33. The van der Waals surface area contributed by atoms with Gasteiger partial charge in [-0.05, 0) is 11.4 Å². The average molecular weight is 335 g/mol. The molecule has 0 bridgehead atoms. The highest BCUT2D eigenvalue weighted by molar-refractivity contribution is 7.09. The number of nitrogens with one attached hydrogen (secondary N) is 3. The van der Waals surface area contributed by atoms with Crippen molar-refractivity contribution in [2.75, 3.05) is 13.1 Å². The number of hydrogen-bond acceptors (Lipinski definition) is 7. The Bertz CT molecular complexity index is 643. The van der Waals surface area contributed by atoms with Crippen LogP contribution in [0.4, 0.5) is 0 Å². The summed E-state index contributed by atoms with van der Waals surface area (Å²) in [5.74, 6) is 0.0810. The van der Waals surface area contributed by atoms with Gasteiger partial charge >= 0.3 is 0 Å². The first-order chi connectivity index (χ1) is 11.2. The number of thiophene rings is 1. The van der Waals surface area contributed by atoms with Crippen molar-refractivity contribution in [3.05, 3.63) is 28.2 Å². The first kappa shape index (κ1) is 15.6. The number of amides is 2. The minimum atomic E-state index is -0.462. The molecule has 0 radical (unpaired) electrons. The maximum Gasteiger partial charge on any atom is 0.237 e. The van der Waals surface area contributed by atoms with Gasteiger partial charge in [0.1, 0.15) is 0 Å². The third-order valence-electron chi connectivity index (χ3n) is 3.59. The molecule has 1 unspecified atom stereocenters. The molecule has 122 valence electrons. The molecule has 9 nitrogen and oxygen atoms in total. The van der Waals surface area contributed by atoms with Crippen molar-refractivity contribution in [2.45, 2.75) is 25.6 Å². The molecule has 0 aliphatic carbocycles. The van der Waals surface area contributed by atoms with Crippen LogP contribution in [0, 0.1) is 0 Å². The molecule has 10 heteroatoms. The van der Waals surface area contributed by atoms with E-state index in [1.165, 1.54) is 4.88 Å². The highest BCUT2D eigenvalue weighted by atomic mass is 32.1. The molecule has 1 fully saturated rings. The van der Waals surface area contributed by atoms with Crippen LogP contribution in [0.15, 0.2) is 17.5 Å². The standard InChI is InChI=1S/C13H17N7O2S/c21-12(15-7-11-16-18-19-17-11)6-10-13(22)14-3-4-20(10)8-9-2-1-5-23-9/h1-2,5,10H,3-4,6-8H2,(H,14,22)(H,15,21)(H,16,17,18,19). The molecule has 1 aliphatic heterocycles. The fourth-order valence-corrected chi connectivity index (χ4v) is 3.19. The molecule has 3 N–H and O–H groups in total. The molecule has 2 aromatic heterocycles. The molecule has 2 aromatic rings. The lowest BCUT2D eigenvalue weighted by molar-refractivity contribution is -0.134. The van der Waals surface area contributed by atoms with E-state index in [1.807, 2.05) is 22.4 Å². The zero-order chi connectivity index (χ0) is 16.1. The van der Waals surface area contributed by atoms with Crippen LogP contribution in [0.2, 0.25) is 0 Å². The van der Waals surface area contributed by atoms with Crippen molar-refractivity contribution in [1.29, 1.82) is 0 Å². The van der Waals surface area contributed by atoms with Gasteiger partial charge in [-0.15, -0.1) is 21.5 Å². The molecule has 0 aromatic carbocycles. The molecule has 1 saturated heterocycles. The summed E-state index contributed by atoms with van der Waals surface area (Å²) in [5.41, 5.74) is 0. The zero-order valence-corrected chi connectivity index (χ0v) is 13.2. The second-order valence-electron chi connectivity index (χ2n) is 5.17. The van der Waals surface area contributed by atoms with Gasteiger partial charge in [0, 0.05) is 24.5 Å². The molecule has 2 amide bonds. The number of H-pyrrole nitrogens is 1. The predicted molar refractivity (Wildman–Crippen MR) is 82.2 cm³/mol. The van der Waals surface area contributed by atoms with Crippen LogP contribution in [-0.2, 0) is 22.7 Å². The monoisotopic (exact) mass is 335 g/mol. The quantitative estimate of drug-likeness (QED) is 0.641. The number of hydrogen-bond donors (Lipinski definition) is 3. The SMILES string of the molecule is O=C(CC1C(=O)NCCN1Cc1cccs1)NCc1nn[nH]n1. The number of aromatic amines is 1. The van der Waals surface area contributed by atoms with Crippen LogP contribution in [0.3, 0.4) is 0 Å². The van der Waals surface area contributed by atoms with Crippen LogP contribution in [0.1, 0.15) is 17.1 Å². The number of carbonyl (C=O) groups excluding carboxylic acids is 2. The molecule has 23 heavy (non-hydrogen) atoms. The number of carbonyl (C=O) groups is 2. The molecule has 1 aliphatic rings. The summed E-state index contributed by atoms with van der Waals surface area (Å²) >= 11 is 1.65. The second-order valence-corrected chi connectivity index (χ2v) is 6.20. The number of piperazine rings is 1. The number of rotatable bonds is 6. The van der Waals surface area contributed by atoms with E-state index >= 15 is 0 Å². The van der Waals surface area contributed by atoms with Gasteiger partial charge in [-0.1, -0.05) is 11.3 Å². The Morgan fingerprint density at radius 2 is 2.43 bits per heavy atom. The van der Waals surface area contributed by atoms with Crippen molar-refractivity contribution in [1.82, 2.24) is 36.2 Å².